The smallest absolute Gasteiger partial charge is 0.257 e. The summed E-state index contributed by atoms with van der Waals surface area (Å²) < 4.78 is 18.7. The van der Waals surface area contributed by atoms with Crippen molar-refractivity contribution in [3.8, 4) is 17.2 Å². The van der Waals surface area contributed by atoms with Gasteiger partial charge in [0.2, 0.25) is 0 Å². The molecule has 1 aliphatic heterocycles. The molecule has 1 amide bonds. The third kappa shape index (κ3) is 4.10. The van der Waals surface area contributed by atoms with Crippen molar-refractivity contribution in [2.24, 2.45) is 0 Å². The summed E-state index contributed by atoms with van der Waals surface area (Å²) in [4.78, 5) is 22.8. The number of para-hydroxylation sites is 2. The lowest BCUT2D eigenvalue weighted by Crippen LogP contribution is -2.26. The number of rotatable bonds is 7. The van der Waals surface area contributed by atoms with Gasteiger partial charge in [-0.3, -0.25) is 9.36 Å². The Morgan fingerprint density at radius 3 is 2.62 bits per heavy atom. The minimum atomic E-state index is -0.298. The van der Waals surface area contributed by atoms with E-state index in [4.69, 9.17) is 29.9 Å². The van der Waals surface area contributed by atoms with Crippen molar-refractivity contribution in [2.75, 3.05) is 32.1 Å². The van der Waals surface area contributed by atoms with Gasteiger partial charge in [-0.05, 0) is 44.5 Å². The summed E-state index contributed by atoms with van der Waals surface area (Å²) in [7, 11) is 0. The number of nitrogens with two attached hydrogens (primary N) is 1. The molecule has 0 aliphatic carbocycles. The van der Waals surface area contributed by atoms with Crippen LogP contribution in [0.1, 0.15) is 30.6 Å². The first-order valence-electron chi connectivity index (χ1n) is 11.4. The number of nitrogens with zero attached hydrogens (tertiary/aromatic N) is 3. The van der Waals surface area contributed by atoms with E-state index >= 15 is 0 Å². The Balaban J connectivity index is 1.58. The molecule has 176 valence electrons. The van der Waals surface area contributed by atoms with E-state index in [9.17, 15) is 4.79 Å². The highest BCUT2D eigenvalue weighted by Gasteiger charge is 2.25. The number of hydrogen-bond acceptors (Lipinski definition) is 7. The van der Waals surface area contributed by atoms with Gasteiger partial charge in [-0.1, -0.05) is 12.1 Å². The van der Waals surface area contributed by atoms with Crippen molar-refractivity contribution < 1.29 is 19.0 Å². The van der Waals surface area contributed by atoms with Crippen molar-refractivity contribution in [3.63, 3.8) is 0 Å². The Kier molecular flexibility index (Phi) is 5.93. The molecule has 5 rings (SSSR count). The van der Waals surface area contributed by atoms with Gasteiger partial charge in [0.25, 0.3) is 5.91 Å². The van der Waals surface area contributed by atoms with Gasteiger partial charge in [0.05, 0.1) is 22.8 Å². The van der Waals surface area contributed by atoms with E-state index in [1.807, 2.05) is 56.3 Å². The van der Waals surface area contributed by atoms with Gasteiger partial charge in [-0.2, -0.15) is 0 Å². The molecule has 3 N–H and O–H groups in total. The number of nitrogen functional groups attached to an aromatic ring is 1. The molecule has 0 bridgehead atoms. The van der Waals surface area contributed by atoms with Crippen LogP contribution in [0.25, 0.3) is 27.9 Å². The highest BCUT2D eigenvalue weighted by molar-refractivity contribution is 6.11. The summed E-state index contributed by atoms with van der Waals surface area (Å²) in [6.45, 7) is 5.96. The quantitative estimate of drug-likeness (QED) is 0.405. The Morgan fingerprint density at radius 1 is 1.12 bits per heavy atom. The van der Waals surface area contributed by atoms with Crippen molar-refractivity contribution in [2.45, 2.75) is 26.4 Å². The first-order valence-corrected chi connectivity index (χ1v) is 11.4. The van der Waals surface area contributed by atoms with Crippen LogP contribution in [-0.4, -0.2) is 52.9 Å². The van der Waals surface area contributed by atoms with Crippen LogP contribution in [0, 0.1) is 0 Å². The SMILES string of the molecule is CC(C)OCCCNC(=O)c1c(N)n(-c2ccc3c(c2)OCCO3)c2nc3ccccc3nc12. The fourth-order valence-corrected chi connectivity index (χ4v) is 4.00. The van der Waals surface area contributed by atoms with Crippen molar-refractivity contribution in [1.82, 2.24) is 19.9 Å². The highest BCUT2D eigenvalue weighted by atomic mass is 16.6. The van der Waals surface area contributed by atoms with E-state index < -0.39 is 0 Å². The Bertz CT molecular complexity index is 1360. The zero-order valence-electron chi connectivity index (χ0n) is 19.2. The average molecular weight is 462 g/mol. The van der Waals surface area contributed by atoms with Crippen LogP contribution in [0.2, 0.25) is 0 Å². The molecule has 0 saturated heterocycles. The van der Waals surface area contributed by atoms with Gasteiger partial charge in [0.15, 0.2) is 17.1 Å². The minimum absolute atomic E-state index is 0.152. The van der Waals surface area contributed by atoms with E-state index in [1.54, 1.807) is 4.57 Å². The number of anilines is 1. The van der Waals surface area contributed by atoms with Gasteiger partial charge in [-0.25, -0.2) is 9.97 Å². The first kappa shape index (κ1) is 22.0. The zero-order valence-corrected chi connectivity index (χ0v) is 19.2. The number of ether oxygens (including phenoxy) is 3. The molecule has 0 spiro atoms. The van der Waals surface area contributed by atoms with Gasteiger partial charge in [0.1, 0.15) is 30.1 Å². The number of aromatic nitrogens is 3. The van der Waals surface area contributed by atoms with Crippen LogP contribution in [0.15, 0.2) is 42.5 Å². The van der Waals surface area contributed by atoms with E-state index in [0.717, 1.165) is 0 Å². The highest BCUT2D eigenvalue weighted by Crippen LogP contribution is 2.36. The van der Waals surface area contributed by atoms with E-state index in [1.165, 1.54) is 0 Å². The second kappa shape index (κ2) is 9.18. The second-order valence-electron chi connectivity index (χ2n) is 8.34. The lowest BCUT2D eigenvalue weighted by molar-refractivity contribution is 0.0757. The molecule has 3 heterocycles. The predicted molar refractivity (Wildman–Crippen MR) is 130 cm³/mol. The van der Waals surface area contributed by atoms with Crippen LogP contribution < -0.4 is 20.5 Å². The molecule has 4 aromatic rings. The van der Waals surface area contributed by atoms with Crippen molar-refractivity contribution in [3.05, 3.63) is 48.0 Å². The number of carbonyl (C=O) groups excluding carboxylic acids is 1. The fourth-order valence-electron chi connectivity index (χ4n) is 4.00. The summed E-state index contributed by atoms with van der Waals surface area (Å²) in [6.07, 6.45) is 0.845. The van der Waals surface area contributed by atoms with E-state index in [0.29, 0.717) is 77.7 Å². The number of amides is 1. The third-order valence-corrected chi connectivity index (χ3v) is 5.57. The van der Waals surface area contributed by atoms with Crippen molar-refractivity contribution >= 4 is 33.9 Å². The van der Waals surface area contributed by atoms with Crippen LogP contribution in [0.5, 0.6) is 11.5 Å². The molecule has 9 nitrogen and oxygen atoms in total. The van der Waals surface area contributed by atoms with Crippen LogP contribution in [0.3, 0.4) is 0 Å². The van der Waals surface area contributed by atoms with Gasteiger partial charge in [0, 0.05) is 19.2 Å². The summed E-state index contributed by atoms with van der Waals surface area (Å²) >= 11 is 0. The Morgan fingerprint density at radius 2 is 1.85 bits per heavy atom. The monoisotopic (exact) mass is 461 g/mol. The molecular weight excluding hydrogens is 434 g/mol. The molecule has 0 atom stereocenters. The largest absolute Gasteiger partial charge is 0.486 e. The fraction of sp³-hybridized carbons (Fsp3) is 0.320. The average Bonchev–Trinajstić information content (AvgIpc) is 3.12. The van der Waals surface area contributed by atoms with Crippen LogP contribution in [0.4, 0.5) is 5.82 Å². The number of fused-ring (bicyclic) bond motifs is 3. The topological polar surface area (TPSA) is 114 Å². The zero-order chi connectivity index (χ0) is 23.7. The van der Waals surface area contributed by atoms with Gasteiger partial charge < -0.3 is 25.3 Å². The first-order chi connectivity index (χ1) is 16.5. The molecule has 0 fully saturated rings. The molecule has 2 aromatic carbocycles. The van der Waals surface area contributed by atoms with Crippen LogP contribution >= 0.6 is 0 Å². The van der Waals surface area contributed by atoms with Gasteiger partial charge >= 0.3 is 0 Å². The molecule has 2 aromatic heterocycles. The molecule has 9 heteroatoms. The lowest BCUT2D eigenvalue weighted by Gasteiger charge is -2.19. The summed E-state index contributed by atoms with van der Waals surface area (Å²) in [5.74, 6) is 1.25. The maximum Gasteiger partial charge on any atom is 0.257 e. The Hall–Kier alpha value is -3.85. The van der Waals surface area contributed by atoms with Crippen molar-refractivity contribution in [1.29, 1.82) is 0 Å². The van der Waals surface area contributed by atoms with E-state index in [-0.39, 0.29) is 17.8 Å². The molecule has 34 heavy (non-hydrogen) atoms. The number of benzene rings is 2. The molecular formula is C25H27N5O4. The van der Waals surface area contributed by atoms with Gasteiger partial charge in [-0.15, -0.1) is 0 Å². The molecule has 0 radical (unpaired) electrons. The Labute approximate surface area is 196 Å². The summed E-state index contributed by atoms with van der Waals surface area (Å²) in [6, 6.07) is 13.1. The molecule has 1 aliphatic rings. The number of hydrogen-bond donors (Lipinski definition) is 2. The summed E-state index contributed by atoms with van der Waals surface area (Å²) in [5, 5.41) is 2.94. The number of nitrogens with one attached hydrogen (secondary N) is 1. The maximum absolute atomic E-state index is 13.2. The van der Waals surface area contributed by atoms with E-state index in [2.05, 4.69) is 5.32 Å². The lowest BCUT2D eigenvalue weighted by atomic mass is 10.2. The number of carbonyl (C=O) groups is 1. The summed E-state index contributed by atoms with van der Waals surface area (Å²) in [5.41, 5.74) is 9.94. The molecule has 0 unspecified atom stereocenters. The normalized spacial score (nSPS) is 13.0. The standard InChI is InChI=1S/C25H27N5O4/c1-15(2)32-11-5-10-27-25(31)21-22-24(29-18-7-4-3-6-17(18)28-22)30(23(21)26)16-8-9-19-20(14-16)34-13-12-33-19/h3-4,6-9,14-15H,5,10-13,26H2,1-2H3,(H,27,31). The second-order valence-corrected chi connectivity index (χ2v) is 8.34. The third-order valence-electron chi connectivity index (χ3n) is 5.57. The predicted octanol–water partition coefficient (Wildman–Crippen LogP) is 3.47. The van der Waals surface area contributed by atoms with Crippen LogP contribution in [-0.2, 0) is 4.74 Å². The maximum atomic E-state index is 13.2. The molecule has 0 saturated carbocycles. The minimum Gasteiger partial charge on any atom is -0.486 e.